The Bertz CT molecular complexity index is 7170. The number of nitrogens with zero attached hydrogens (tertiary/aromatic N) is 22. The number of likely N-dealkylation sites (tertiary alicyclic amines) is 4. The maximum absolute atomic E-state index is 12.2. The van der Waals surface area contributed by atoms with Gasteiger partial charge < -0.3 is 77.2 Å². The van der Waals surface area contributed by atoms with Gasteiger partial charge in [0.2, 0.25) is 22.4 Å². The van der Waals surface area contributed by atoms with E-state index in [1.807, 2.05) is 92.7 Å². The van der Waals surface area contributed by atoms with Gasteiger partial charge in [-0.1, -0.05) is 71.6 Å². The first kappa shape index (κ1) is 90.6. The fourth-order valence-electron chi connectivity index (χ4n) is 16.2. The van der Waals surface area contributed by atoms with Gasteiger partial charge in [-0.15, -0.1) is 0 Å². The van der Waals surface area contributed by atoms with Crippen LogP contribution in [0.3, 0.4) is 0 Å². The first-order chi connectivity index (χ1) is 65.1. The van der Waals surface area contributed by atoms with Crippen LogP contribution in [-0.4, -0.2) is 274 Å². The molecule has 8 amide bonds. The van der Waals surface area contributed by atoms with Crippen molar-refractivity contribution < 1.29 is 63.5 Å². The first-order valence-corrected chi connectivity index (χ1v) is 42.8. The fraction of sp³-hybridized carbons (Fsp3) is 0.237. The third kappa shape index (κ3) is 18.1. The maximum Gasteiger partial charge on any atom is 0.269 e. The molecule has 0 spiro atoms. The standard InChI is InChI=1S/C25H22N6O3.2C24H21N7O3.C24H24N6O4/c1-16-14-30(15-27-16)18-6-7-21-20(13-18)22(23(26)32)28-31(21)19-5-3-4-17(12-19)8-9-25(34)10-11-29(2)24(25)33;2*1-29-9-8-24(34,23(29)33)7-6-15-4-3-5-18(10-15)31-22-19(20(28-31)21(25)32)11-16(12-26-22)17-13-27-30(2)14-17;1-28-8-7-24(33,23(28)32)6-5-16-3-2-4-17(13-16)30-22-19(20(27-30)21(25)31)14-18(15-26-22)29-9-11-34-12-10-29/h3-7,12-15,34H,10-11H2,1-2H3,(H2,26,32);2*3-5,10-14,34H,8-9H2,1-2H3,(H2,25,32);2-4,13-15,33H,7-12H2,1H3,(H2,25,31)/t25-;3*24-/m0000/s1. The Balaban J connectivity index is 0.000000126. The number of amides is 8. The van der Waals surface area contributed by atoms with Crippen molar-refractivity contribution in [1.82, 2.24) is 103 Å². The molecule has 0 bridgehead atoms. The molecule has 5 aliphatic rings. The summed E-state index contributed by atoms with van der Waals surface area (Å²) in [5.74, 6) is 18.2. The lowest BCUT2D eigenvalue weighted by Gasteiger charge is -2.28. The van der Waals surface area contributed by atoms with Crippen molar-refractivity contribution in [1.29, 1.82) is 0 Å². The number of fused-ring (bicyclic) bond motifs is 4. The van der Waals surface area contributed by atoms with E-state index < -0.39 is 69.7 Å². The number of aliphatic hydroxyl groups is 4. The minimum absolute atomic E-state index is 0.0960. The lowest BCUT2D eigenvalue weighted by atomic mass is 10.0. The van der Waals surface area contributed by atoms with Gasteiger partial charge in [-0.05, 0) is 116 Å². The molecule has 4 atom stereocenters. The Morgan fingerprint density at radius 3 is 1.04 bits per heavy atom. The molecule has 136 heavy (non-hydrogen) atoms. The number of imidazole rings is 1. The Kier molecular flexibility index (Phi) is 24.3. The van der Waals surface area contributed by atoms with Crippen molar-refractivity contribution in [3.63, 3.8) is 0 Å². The molecule has 0 aliphatic carbocycles. The molecule has 10 aromatic heterocycles. The number of nitrogens with two attached hydrogens (primary N) is 4. The van der Waals surface area contributed by atoms with Gasteiger partial charge in [0.1, 0.15) is 0 Å². The summed E-state index contributed by atoms with van der Waals surface area (Å²) < 4.78 is 16.9. The number of aromatic nitrogens is 17. The second kappa shape index (κ2) is 36.4. The number of carbonyl (C=O) groups excluding carboxylic acids is 8. The highest BCUT2D eigenvalue weighted by Crippen LogP contribution is 2.34. The molecule has 39 nitrogen and oxygen atoms in total. The van der Waals surface area contributed by atoms with Gasteiger partial charge in [-0.25, -0.2) is 38.7 Å². The van der Waals surface area contributed by atoms with Crippen LogP contribution < -0.4 is 27.8 Å². The van der Waals surface area contributed by atoms with E-state index in [0.29, 0.717) is 128 Å². The van der Waals surface area contributed by atoms with Crippen LogP contribution in [0.15, 0.2) is 189 Å². The molecule has 39 heteroatoms. The number of hydrogen-bond acceptors (Lipinski definition) is 24. The van der Waals surface area contributed by atoms with Crippen LogP contribution in [0.5, 0.6) is 0 Å². The Hall–Kier alpha value is -17.3. The number of anilines is 1. The number of benzene rings is 5. The molecule has 5 aromatic carbocycles. The van der Waals surface area contributed by atoms with Gasteiger partial charge in [-0.3, -0.25) is 47.7 Å². The Morgan fingerprint density at radius 2 is 0.706 bits per heavy atom. The molecule has 12 N–H and O–H groups in total. The summed E-state index contributed by atoms with van der Waals surface area (Å²) >= 11 is 0. The van der Waals surface area contributed by atoms with Crippen LogP contribution >= 0.6 is 0 Å². The number of aryl methyl sites for hydroxylation is 3. The Morgan fingerprint density at radius 1 is 0.368 bits per heavy atom. The van der Waals surface area contributed by atoms with Gasteiger partial charge in [0, 0.05) is 194 Å². The van der Waals surface area contributed by atoms with Crippen molar-refractivity contribution in [2.45, 2.75) is 55.0 Å². The quantitative estimate of drug-likeness (QED) is 0.0810. The normalized spacial score (nSPS) is 18.4. The number of hydrogen-bond donors (Lipinski definition) is 8. The molecule has 0 radical (unpaired) electrons. The zero-order chi connectivity index (χ0) is 96.0. The van der Waals surface area contributed by atoms with Crippen LogP contribution in [0, 0.1) is 54.3 Å². The summed E-state index contributed by atoms with van der Waals surface area (Å²) in [5.41, 5.74) is 29.0. The molecule has 15 aromatic rings. The summed E-state index contributed by atoms with van der Waals surface area (Å²) in [7, 11) is 10.2. The monoisotopic (exact) mass is 1820 g/mol. The van der Waals surface area contributed by atoms with Crippen LogP contribution in [-0.2, 0) is 38.0 Å². The summed E-state index contributed by atoms with van der Waals surface area (Å²) in [4.78, 5) is 123. The number of carbonyl (C=O) groups is 8. The molecule has 5 fully saturated rings. The van der Waals surface area contributed by atoms with Crippen molar-refractivity contribution in [2.75, 3.05) is 85.6 Å². The van der Waals surface area contributed by atoms with E-state index >= 15 is 0 Å². The van der Waals surface area contributed by atoms with E-state index in [4.69, 9.17) is 27.7 Å². The van der Waals surface area contributed by atoms with Crippen LogP contribution in [0.4, 0.5) is 5.69 Å². The predicted octanol–water partition coefficient (Wildman–Crippen LogP) is 3.59. The summed E-state index contributed by atoms with van der Waals surface area (Å²) in [5, 5.41) is 70.5. The van der Waals surface area contributed by atoms with Crippen molar-refractivity contribution >= 4 is 96.9 Å². The van der Waals surface area contributed by atoms with Gasteiger partial charge in [0.25, 0.3) is 47.3 Å². The highest BCUT2D eigenvalue weighted by atomic mass is 16.5. The topological polar surface area (TPSA) is 510 Å². The van der Waals surface area contributed by atoms with Crippen molar-refractivity contribution in [3.05, 3.63) is 240 Å². The molecule has 5 aliphatic heterocycles. The number of primary amides is 4. The predicted molar refractivity (Wildman–Crippen MR) is 497 cm³/mol. The van der Waals surface area contributed by atoms with E-state index in [2.05, 4.69) is 103 Å². The smallest absolute Gasteiger partial charge is 0.269 e. The molecule has 684 valence electrons. The Labute approximate surface area is 775 Å². The minimum atomic E-state index is -1.69. The lowest BCUT2D eigenvalue weighted by Crippen LogP contribution is -2.37. The van der Waals surface area contributed by atoms with Crippen LogP contribution in [0.25, 0.3) is 94.7 Å². The second-order valence-electron chi connectivity index (χ2n) is 33.3. The summed E-state index contributed by atoms with van der Waals surface area (Å²) in [6, 6.07) is 39.6. The van der Waals surface area contributed by atoms with E-state index in [9.17, 15) is 58.8 Å². The molecule has 5 saturated heterocycles. The molecule has 15 heterocycles. The number of likely N-dealkylation sites (N-methyl/N-ethyl adjacent to an activating group) is 4. The van der Waals surface area contributed by atoms with Gasteiger partial charge >= 0.3 is 0 Å². The highest BCUT2D eigenvalue weighted by molar-refractivity contribution is 6.08. The largest absolute Gasteiger partial charge is 0.378 e. The van der Waals surface area contributed by atoms with E-state index in [1.54, 1.807) is 169 Å². The summed E-state index contributed by atoms with van der Waals surface area (Å²) in [6.45, 7) is 6.44. The number of ether oxygens (including phenoxy) is 1. The molecule has 0 saturated carbocycles. The van der Waals surface area contributed by atoms with E-state index in [1.165, 1.54) is 29.0 Å². The zero-order valence-electron chi connectivity index (χ0n) is 74.5. The number of pyridine rings is 3. The van der Waals surface area contributed by atoms with Gasteiger partial charge in [0.15, 0.2) is 39.7 Å². The average Bonchev–Trinajstić information content (AvgIpc) is 1.62. The summed E-state index contributed by atoms with van der Waals surface area (Å²) in [6.07, 6.45) is 16.8. The average molecular weight is 1830 g/mol. The molecular formula is C97H88N26O13. The SMILES string of the molecule is CN1CC[C@@](O)(C#Cc2cccc(-n3nc(C(N)=O)c4cc(-c5cnn(C)c5)cnc43)c2)C1=O.CN1CC[C@@](O)(C#Cc2cccc(-n3nc(C(N)=O)c4cc(-c5cnn(C)c5)cnc43)c2)C1=O.CN1CC[C@@](O)(C#Cc2cccc(-n3nc(C(N)=O)c4cc(N5CCOCC5)cnc43)c2)C1=O.Cc1cn(-c2ccc3c(c2)c(C(N)=O)nn3-c2cccc(C#C[C@]3(O)CCN(C)C3=O)c2)cn1. The first-order valence-electron chi connectivity index (χ1n) is 42.8. The van der Waals surface area contributed by atoms with Gasteiger partial charge in [-0.2, -0.15) is 30.6 Å². The number of morpholine rings is 1. The van der Waals surface area contributed by atoms with Crippen molar-refractivity contribution in [2.24, 2.45) is 37.0 Å². The fourth-order valence-corrected chi connectivity index (χ4v) is 16.2. The minimum Gasteiger partial charge on any atom is -0.378 e. The molecule has 20 rings (SSSR count). The van der Waals surface area contributed by atoms with Crippen molar-refractivity contribution in [3.8, 4) is 98.1 Å². The molecule has 0 unspecified atom stereocenters. The van der Waals surface area contributed by atoms with Gasteiger partial charge in [0.05, 0.1) is 93.9 Å². The van der Waals surface area contributed by atoms with E-state index in [0.717, 1.165) is 52.4 Å². The maximum atomic E-state index is 12.2. The second-order valence-corrected chi connectivity index (χ2v) is 33.3. The highest BCUT2D eigenvalue weighted by Gasteiger charge is 2.46. The third-order valence-corrected chi connectivity index (χ3v) is 23.7. The van der Waals surface area contributed by atoms with Crippen LogP contribution in [0.2, 0.25) is 0 Å². The zero-order valence-corrected chi connectivity index (χ0v) is 74.5. The third-order valence-electron chi connectivity index (χ3n) is 23.7. The van der Waals surface area contributed by atoms with E-state index in [-0.39, 0.29) is 48.5 Å². The lowest BCUT2D eigenvalue weighted by molar-refractivity contribution is -0.138. The molecular weight excluding hydrogens is 1740 g/mol. The number of rotatable bonds is 12. The van der Waals surface area contributed by atoms with Crippen LogP contribution in [0.1, 0.15) is 95.6 Å².